The average molecular weight is 318 g/mol. The van der Waals surface area contributed by atoms with E-state index < -0.39 is 0 Å². The van der Waals surface area contributed by atoms with Gasteiger partial charge in [-0.3, -0.25) is 4.79 Å². The van der Waals surface area contributed by atoms with Crippen LogP contribution in [0.5, 0.6) is 0 Å². The van der Waals surface area contributed by atoms with Gasteiger partial charge < -0.3 is 10.0 Å². The number of aryl methyl sites for hydroxylation is 1. The number of aliphatic hydroxyl groups is 1. The van der Waals surface area contributed by atoms with Gasteiger partial charge in [0, 0.05) is 18.7 Å². The lowest BCUT2D eigenvalue weighted by molar-refractivity contribution is 0.0671. The number of nitrogens with zero attached hydrogens (tertiary/aromatic N) is 4. The van der Waals surface area contributed by atoms with E-state index in [-0.39, 0.29) is 24.4 Å². The van der Waals surface area contributed by atoms with Crippen molar-refractivity contribution in [3.05, 3.63) is 47.0 Å². The molecule has 1 aliphatic heterocycles. The lowest BCUT2D eigenvalue weighted by atomic mass is 10.0. The van der Waals surface area contributed by atoms with Gasteiger partial charge in [-0.2, -0.15) is 0 Å². The summed E-state index contributed by atoms with van der Waals surface area (Å²) >= 11 is 0. The molecule has 0 spiro atoms. The molecule has 7 heteroatoms. The third-order valence-electron chi connectivity index (χ3n) is 4.20. The van der Waals surface area contributed by atoms with E-state index in [1.165, 1.54) is 6.07 Å². The van der Waals surface area contributed by atoms with Crippen LogP contribution in [0.4, 0.5) is 4.39 Å². The molecule has 1 unspecified atom stereocenters. The zero-order valence-electron chi connectivity index (χ0n) is 12.9. The topological polar surface area (TPSA) is 71.2 Å². The first-order valence-electron chi connectivity index (χ1n) is 7.65. The molecular formula is C16H19FN4O2. The smallest absolute Gasteiger partial charge is 0.254 e. The largest absolute Gasteiger partial charge is 0.390 e. The van der Waals surface area contributed by atoms with E-state index in [9.17, 15) is 9.18 Å². The third kappa shape index (κ3) is 3.24. The maximum Gasteiger partial charge on any atom is 0.254 e. The highest BCUT2D eigenvalue weighted by Gasteiger charge is 2.26. The molecule has 1 atom stereocenters. The van der Waals surface area contributed by atoms with Crippen molar-refractivity contribution in [1.82, 2.24) is 19.9 Å². The Bertz CT molecular complexity index is 716. The third-order valence-corrected chi connectivity index (χ3v) is 4.20. The number of halogens is 1. The summed E-state index contributed by atoms with van der Waals surface area (Å²) in [6, 6.07) is 4.59. The Labute approximate surface area is 133 Å². The number of hydrogen-bond acceptors (Lipinski definition) is 4. The normalized spacial score (nSPS) is 18.2. The number of hydrogen-bond donors (Lipinski definition) is 1. The Balaban J connectivity index is 1.74. The van der Waals surface area contributed by atoms with Gasteiger partial charge in [0.1, 0.15) is 11.5 Å². The first-order chi connectivity index (χ1) is 11.1. The van der Waals surface area contributed by atoms with Crippen LogP contribution >= 0.6 is 0 Å². The highest BCUT2D eigenvalue weighted by Crippen LogP contribution is 2.23. The van der Waals surface area contributed by atoms with Crippen LogP contribution in [0.15, 0.2) is 24.4 Å². The predicted molar refractivity (Wildman–Crippen MR) is 81.3 cm³/mol. The van der Waals surface area contributed by atoms with E-state index in [1.807, 2.05) is 0 Å². The minimum atomic E-state index is -0.367. The van der Waals surface area contributed by atoms with Crippen molar-refractivity contribution in [1.29, 1.82) is 0 Å². The van der Waals surface area contributed by atoms with Crippen LogP contribution in [-0.2, 0) is 6.61 Å². The molecule has 122 valence electrons. The molecule has 2 aromatic rings. The molecular weight excluding hydrogens is 299 g/mol. The summed E-state index contributed by atoms with van der Waals surface area (Å²) < 4.78 is 15.4. The fourth-order valence-electron chi connectivity index (χ4n) is 2.83. The molecule has 6 nitrogen and oxygen atoms in total. The highest BCUT2D eigenvalue weighted by atomic mass is 19.1. The van der Waals surface area contributed by atoms with Crippen molar-refractivity contribution < 1.29 is 14.3 Å². The van der Waals surface area contributed by atoms with E-state index in [0.29, 0.717) is 29.9 Å². The van der Waals surface area contributed by atoms with E-state index in [0.717, 1.165) is 12.8 Å². The number of aromatic nitrogens is 3. The summed E-state index contributed by atoms with van der Waals surface area (Å²) in [5.41, 5.74) is 1.40. The van der Waals surface area contributed by atoms with Crippen LogP contribution < -0.4 is 0 Å². The Kier molecular flexibility index (Phi) is 4.38. The first kappa shape index (κ1) is 15.6. The fourth-order valence-corrected chi connectivity index (χ4v) is 2.83. The molecule has 0 saturated carbocycles. The summed E-state index contributed by atoms with van der Waals surface area (Å²) in [5, 5.41) is 17.0. The molecule has 1 saturated heterocycles. The fraction of sp³-hybridized carbons (Fsp3) is 0.438. The molecule has 1 amide bonds. The number of carbonyl (C=O) groups is 1. The second-order valence-electron chi connectivity index (χ2n) is 5.86. The van der Waals surface area contributed by atoms with Crippen molar-refractivity contribution in [2.45, 2.75) is 32.4 Å². The maximum atomic E-state index is 13.7. The van der Waals surface area contributed by atoms with Gasteiger partial charge in [0.25, 0.3) is 5.91 Å². The van der Waals surface area contributed by atoms with Crippen LogP contribution in [0, 0.1) is 12.7 Å². The van der Waals surface area contributed by atoms with Crippen LogP contribution in [0.3, 0.4) is 0 Å². The monoisotopic (exact) mass is 318 g/mol. The van der Waals surface area contributed by atoms with Gasteiger partial charge in [-0.05, 0) is 37.5 Å². The van der Waals surface area contributed by atoms with Gasteiger partial charge in [0.05, 0.1) is 18.8 Å². The van der Waals surface area contributed by atoms with Gasteiger partial charge in [0.15, 0.2) is 0 Å². The zero-order valence-corrected chi connectivity index (χ0v) is 12.9. The van der Waals surface area contributed by atoms with Crippen LogP contribution in [0.1, 0.15) is 40.5 Å². The van der Waals surface area contributed by atoms with Gasteiger partial charge in [-0.15, -0.1) is 5.10 Å². The molecule has 1 N–H and O–H groups in total. The first-order valence-corrected chi connectivity index (χ1v) is 7.65. The molecule has 23 heavy (non-hydrogen) atoms. The van der Waals surface area contributed by atoms with E-state index in [2.05, 4.69) is 10.3 Å². The molecule has 0 bridgehead atoms. The summed E-state index contributed by atoms with van der Waals surface area (Å²) in [4.78, 5) is 14.3. The highest BCUT2D eigenvalue weighted by molar-refractivity contribution is 5.94. The van der Waals surface area contributed by atoms with Crippen molar-refractivity contribution in [3.8, 4) is 0 Å². The lowest BCUT2D eigenvalue weighted by Gasteiger charge is -2.32. The summed E-state index contributed by atoms with van der Waals surface area (Å²) in [7, 11) is 0. The summed E-state index contributed by atoms with van der Waals surface area (Å²) in [6.45, 7) is 2.66. The Hall–Kier alpha value is -2.28. The summed E-state index contributed by atoms with van der Waals surface area (Å²) in [5.74, 6) is -0.538. The maximum absolute atomic E-state index is 13.7. The van der Waals surface area contributed by atoms with Gasteiger partial charge in [-0.25, -0.2) is 9.07 Å². The minimum Gasteiger partial charge on any atom is -0.390 e. The molecule has 1 aliphatic rings. The van der Waals surface area contributed by atoms with Crippen LogP contribution in [-0.4, -0.2) is 44.0 Å². The molecule has 1 fully saturated rings. The molecule has 3 rings (SSSR count). The Morgan fingerprint density at radius 1 is 1.48 bits per heavy atom. The SMILES string of the molecule is Cc1ccc(C(=O)N2CCCC(n3cc(CO)nn3)C2)cc1F. The van der Waals surface area contributed by atoms with Gasteiger partial charge in [-0.1, -0.05) is 11.3 Å². The molecule has 1 aromatic carbocycles. The number of piperidine rings is 1. The molecule has 0 aliphatic carbocycles. The van der Waals surface area contributed by atoms with Crippen LogP contribution in [0.25, 0.3) is 0 Å². The van der Waals surface area contributed by atoms with E-state index in [4.69, 9.17) is 5.11 Å². The minimum absolute atomic E-state index is 0.0239. The van der Waals surface area contributed by atoms with E-state index >= 15 is 0 Å². The molecule has 2 heterocycles. The quantitative estimate of drug-likeness (QED) is 0.935. The Morgan fingerprint density at radius 2 is 2.30 bits per heavy atom. The summed E-state index contributed by atoms with van der Waals surface area (Å²) in [6.07, 6.45) is 3.43. The number of likely N-dealkylation sites (tertiary alicyclic amines) is 1. The number of benzene rings is 1. The van der Waals surface area contributed by atoms with Gasteiger partial charge in [0.2, 0.25) is 0 Å². The second-order valence-corrected chi connectivity index (χ2v) is 5.86. The number of amides is 1. The molecule has 1 aromatic heterocycles. The number of aliphatic hydroxyl groups excluding tert-OH is 1. The lowest BCUT2D eigenvalue weighted by Crippen LogP contribution is -2.40. The second kappa shape index (κ2) is 6.45. The van der Waals surface area contributed by atoms with Crippen molar-refractivity contribution >= 4 is 5.91 Å². The predicted octanol–water partition coefficient (Wildman–Crippen LogP) is 1.70. The number of rotatable bonds is 3. The molecule has 0 radical (unpaired) electrons. The van der Waals surface area contributed by atoms with Crippen molar-refractivity contribution in [2.24, 2.45) is 0 Å². The van der Waals surface area contributed by atoms with Crippen molar-refractivity contribution in [2.75, 3.05) is 13.1 Å². The number of carbonyl (C=O) groups excluding carboxylic acids is 1. The average Bonchev–Trinajstić information content (AvgIpc) is 3.06. The Morgan fingerprint density at radius 3 is 3.00 bits per heavy atom. The van der Waals surface area contributed by atoms with Crippen LogP contribution in [0.2, 0.25) is 0 Å². The zero-order chi connectivity index (χ0) is 16.4. The van der Waals surface area contributed by atoms with Gasteiger partial charge >= 0.3 is 0 Å². The standard InChI is InChI=1S/C16H19FN4O2/c1-11-4-5-12(7-15(11)17)16(23)20-6-2-3-14(9-20)21-8-13(10-22)18-19-21/h4-5,7-8,14,22H,2-3,6,9-10H2,1H3. The van der Waals surface area contributed by atoms with Crippen molar-refractivity contribution in [3.63, 3.8) is 0 Å². The van der Waals surface area contributed by atoms with E-state index in [1.54, 1.807) is 34.8 Å².